The number of rotatable bonds is 4. The highest BCUT2D eigenvalue weighted by Crippen LogP contribution is 2.18. The van der Waals surface area contributed by atoms with Crippen molar-refractivity contribution in [2.45, 2.75) is 6.92 Å². The third kappa shape index (κ3) is 3.27. The van der Waals surface area contributed by atoms with Gasteiger partial charge in [-0.15, -0.1) is 0 Å². The molecule has 0 bridgehead atoms. The third-order valence-corrected chi connectivity index (χ3v) is 3.29. The van der Waals surface area contributed by atoms with Crippen molar-refractivity contribution in [1.82, 2.24) is 0 Å². The van der Waals surface area contributed by atoms with Crippen molar-refractivity contribution in [3.05, 3.63) is 29.3 Å². The number of benzene rings is 1. The average molecular weight is 238 g/mol. The molecule has 0 fully saturated rings. The van der Waals surface area contributed by atoms with Gasteiger partial charge in [0.1, 0.15) is 0 Å². The molecular formula is C13H20NOS+. The van der Waals surface area contributed by atoms with Crippen molar-refractivity contribution in [1.29, 1.82) is 0 Å². The van der Waals surface area contributed by atoms with E-state index in [1.54, 1.807) is 0 Å². The molecule has 1 aromatic rings. The molecule has 16 heavy (non-hydrogen) atoms. The van der Waals surface area contributed by atoms with Crippen LogP contribution in [0.1, 0.15) is 15.9 Å². The van der Waals surface area contributed by atoms with Crippen LogP contribution in [0.2, 0.25) is 0 Å². The van der Waals surface area contributed by atoms with E-state index in [1.807, 2.05) is 38.1 Å². The standard InChI is InChI=1S/C13H20NOS/c1-10-8-11(14(2)3)6-7-12(10)13(15)9-16(4)5/h6-8H,9H2,1-5H3/q+1. The molecule has 0 unspecified atom stereocenters. The zero-order valence-corrected chi connectivity index (χ0v) is 11.5. The molecule has 0 spiro atoms. The van der Waals surface area contributed by atoms with Crippen LogP contribution in [0.3, 0.4) is 0 Å². The Labute approximate surface area is 101 Å². The maximum atomic E-state index is 12.0. The lowest BCUT2D eigenvalue weighted by atomic mass is 10.0. The molecule has 0 radical (unpaired) electrons. The lowest BCUT2D eigenvalue weighted by molar-refractivity contribution is 0.102. The van der Waals surface area contributed by atoms with Crippen molar-refractivity contribution in [3.8, 4) is 0 Å². The van der Waals surface area contributed by atoms with Crippen LogP contribution < -0.4 is 4.90 Å². The van der Waals surface area contributed by atoms with Crippen LogP contribution in [-0.2, 0) is 10.9 Å². The van der Waals surface area contributed by atoms with E-state index in [0.717, 1.165) is 16.8 Å². The molecule has 0 N–H and O–H groups in total. The van der Waals surface area contributed by atoms with Crippen molar-refractivity contribution < 1.29 is 4.79 Å². The number of anilines is 1. The van der Waals surface area contributed by atoms with Crippen molar-refractivity contribution >= 4 is 22.4 Å². The molecule has 0 aliphatic heterocycles. The maximum Gasteiger partial charge on any atom is 0.212 e. The van der Waals surface area contributed by atoms with Gasteiger partial charge in [0, 0.05) is 25.3 Å². The Hall–Kier alpha value is -0.960. The Morgan fingerprint density at radius 1 is 1.31 bits per heavy atom. The number of Topliss-reactive ketones (excluding diaryl/α,β-unsaturated/α-hetero) is 1. The molecule has 3 heteroatoms. The van der Waals surface area contributed by atoms with Gasteiger partial charge in [-0.05, 0) is 41.6 Å². The number of aryl methyl sites for hydroxylation is 1. The van der Waals surface area contributed by atoms with Gasteiger partial charge in [0.05, 0.1) is 12.5 Å². The first kappa shape index (κ1) is 13.1. The summed E-state index contributed by atoms with van der Waals surface area (Å²) in [6.07, 6.45) is 4.20. The summed E-state index contributed by atoms with van der Waals surface area (Å²) in [5.41, 5.74) is 3.08. The minimum Gasteiger partial charge on any atom is -0.378 e. The molecule has 1 aromatic carbocycles. The second-order valence-corrected chi connectivity index (χ2v) is 6.71. The van der Waals surface area contributed by atoms with Gasteiger partial charge < -0.3 is 4.90 Å². The topological polar surface area (TPSA) is 20.3 Å². The summed E-state index contributed by atoms with van der Waals surface area (Å²) in [7, 11) is 4.18. The van der Waals surface area contributed by atoms with E-state index in [9.17, 15) is 4.79 Å². The lowest BCUT2D eigenvalue weighted by Crippen LogP contribution is -2.15. The number of hydrogen-bond acceptors (Lipinski definition) is 2. The van der Waals surface area contributed by atoms with E-state index in [1.165, 1.54) is 0 Å². The number of carbonyl (C=O) groups is 1. The van der Waals surface area contributed by atoms with Gasteiger partial charge in [0.2, 0.25) is 5.78 Å². The van der Waals surface area contributed by atoms with Crippen LogP contribution in [0.15, 0.2) is 18.2 Å². The first-order chi connectivity index (χ1) is 7.41. The molecule has 0 atom stereocenters. The zero-order valence-electron chi connectivity index (χ0n) is 10.7. The molecule has 88 valence electrons. The van der Waals surface area contributed by atoms with E-state index in [2.05, 4.69) is 18.6 Å². The Morgan fingerprint density at radius 3 is 2.38 bits per heavy atom. The summed E-state index contributed by atoms with van der Waals surface area (Å²) in [5, 5.41) is 0. The minimum absolute atomic E-state index is 0.171. The molecular weight excluding hydrogens is 218 g/mol. The van der Waals surface area contributed by atoms with Gasteiger partial charge in [-0.3, -0.25) is 4.79 Å². The predicted octanol–water partition coefficient (Wildman–Crippen LogP) is 2.12. The fourth-order valence-corrected chi connectivity index (χ4v) is 2.26. The van der Waals surface area contributed by atoms with E-state index >= 15 is 0 Å². The zero-order chi connectivity index (χ0) is 12.3. The lowest BCUT2D eigenvalue weighted by Gasteiger charge is -2.14. The van der Waals surface area contributed by atoms with Gasteiger partial charge in [-0.25, -0.2) is 0 Å². The Kier molecular flexibility index (Phi) is 4.42. The van der Waals surface area contributed by atoms with Crippen molar-refractivity contribution in [3.63, 3.8) is 0 Å². The van der Waals surface area contributed by atoms with E-state index < -0.39 is 0 Å². The summed E-state index contributed by atoms with van der Waals surface area (Å²) >= 11 is 0. The number of nitrogens with zero attached hydrogens (tertiary/aromatic N) is 1. The highest BCUT2D eigenvalue weighted by molar-refractivity contribution is 7.96. The minimum atomic E-state index is 0.171. The SMILES string of the molecule is Cc1cc(N(C)C)ccc1C(=O)C[S+](C)C. The van der Waals surface area contributed by atoms with Crippen molar-refractivity contribution in [2.24, 2.45) is 0 Å². The molecule has 0 aromatic heterocycles. The largest absolute Gasteiger partial charge is 0.378 e. The molecule has 2 nitrogen and oxygen atoms in total. The summed E-state index contributed by atoms with van der Waals surface area (Å²) in [5.74, 6) is 0.915. The molecule has 0 saturated heterocycles. The van der Waals surface area contributed by atoms with Crippen LogP contribution in [-0.4, -0.2) is 38.1 Å². The Morgan fingerprint density at radius 2 is 1.94 bits per heavy atom. The van der Waals surface area contributed by atoms with Crippen LogP contribution in [0, 0.1) is 6.92 Å². The van der Waals surface area contributed by atoms with Gasteiger partial charge >= 0.3 is 0 Å². The van der Waals surface area contributed by atoms with Crippen LogP contribution in [0.5, 0.6) is 0 Å². The number of hydrogen-bond donors (Lipinski definition) is 0. The first-order valence-corrected chi connectivity index (χ1v) is 7.48. The predicted molar refractivity (Wildman–Crippen MR) is 73.9 cm³/mol. The normalized spacial score (nSPS) is 10.6. The number of ketones is 1. The van der Waals surface area contributed by atoms with E-state index in [4.69, 9.17) is 0 Å². The second kappa shape index (κ2) is 5.39. The van der Waals surface area contributed by atoms with E-state index in [-0.39, 0.29) is 16.7 Å². The van der Waals surface area contributed by atoms with E-state index in [0.29, 0.717) is 5.75 Å². The average Bonchev–Trinajstić information content (AvgIpc) is 2.15. The highest BCUT2D eigenvalue weighted by Gasteiger charge is 2.16. The molecule has 1 rings (SSSR count). The second-order valence-electron chi connectivity index (χ2n) is 4.45. The van der Waals surface area contributed by atoms with Crippen LogP contribution >= 0.6 is 0 Å². The first-order valence-electron chi connectivity index (χ1n) is 5.27. The molecule has 0 aliphatic rings. The summed E-state index contributed by atoms with van der Waals surface area (Å²) in [4.78, 5) is 14.0. The maximum absolute atomic E-state index is 12.0. The van der Waals surface area contributed by atoms with Crippen LogP contribution in [0.4, 0.5) is 5.69 Å². The van der Waals surface area contributed by atoms with Gasteiger partial charge in [-0.2, -0.15) is 0 Å². The Balaban J connectivity index is 2.95. The molecule has 0 heterocycles. The summed E-state index contributed by atoms with van der Waals surface area (Å²) < 4.78 is 0. The fourth-order valence-electron chi connectivity index (χ4n) is 1.58. The van der Waals surface area contributed by atoms with Gasteiger partial charge in [-0.1, -0.05) is 0 Å². The monoisotopic (exact) mass is 238 g/mol. The van der Waals surface area contributed by atoms with Gasteiger partial charge in [0.15, 0.2) is 5.75 Å². The molecule has 0 amide bonds. The molecule has 0 aliphatic carbocycles. The number of carbonyl (C=O) groups excluding carboxylic acids is 1. The summed E-state index contributed by atoms with van der Waals surface area (Å²) in [6, 6.07) is 6.01. The Bertz CT molecular complexity index is 386. The smallest absolute Gasteiger partial charge is 0.212 e. The highest BCUT2D eigenvalue weighted by atomic mass is 32.2. The van der Waals surface area contributed by atoms with Gasteiger partial charge in [0.25, 0.3) is 0 Å². The fraction of sp³-hybridized carbons (Fsp3) is 0.462. The van der Waals surface area contributed by atoms with Crippen LogP contribution in [0.25, 0.3) is 0 Å². The van der Waals surface area contributed by atoms with Crippen molar-refractivity contribution in [2.75, 3.05) is 37.3 Å². The third-order valence-electron chi connectivity index (χ3n) is 2.45. The molecule has 0 saturated carbocycles. The quantitative estimate of drug-likeness (QED) is 0.591. The summed E-state index contributed by atoms with van der Waals surface area (Å²) in [6.45, 7) is 2.00.